The average molecular weight is 505 g/mol. The summed E-state index contributed by atoms with van der Waals surface area (Å²) in [6.45, 7) is 0.475. The Balaban J connectivity index is 1.45. The van der Waals surface area contributed by atoms with Crippen molar-refractivity contribution in [2.24, 2.45) is 5.92 Å². The fraction of sp³-hybridized carbons (Fsp3) is 0.185. The number of carbonyl (C=O) groups is 2. The van der Waals surface area contributed by atoms with Crippen LogP contribution in [0, 0.1) is 5.92 Å². The highest BCUT2D eigenvalue weighted by Gasteiger charge is 2.22. The third kappa shape index (κ3) is 5.71. The van der Waals surface area contributed by atoms with E-state index in [1.54, 1.807) is 0 Å². The molecule has 0 spiro atoms. The van der Waals surface area contributed by atoms with Crippen LogP contribution in [-0.4, -0.2) is 25.5 Å². The Bertz CT molecular complexity index is 1190. The van der Waals surface area contributed by atoms with E-state index >= 15 is 0 Å². The number of carbonyl (C=O) groups excluding carboxylic acids is 2. The lowest BCUT2D eigenvalue weighted by molar-refractivity contribution is -0.145. The molecule has 168 valence electrons. The number of nitrogens with one attached hydrogen (secondary N) is 2. The molecule has 5 nitrogen and oxygen atoms in total. The van der Waals surface area contributed by atoms with Crippen molar-refractivity contribution in [1.29, 1.82) is 0 Å². The molecule has 1 heterocycles. The van der Waals surface area contributed by atoms with Gasteiger partial charge in [0.05, 0.1) is 13.0 Å². The fourth-order valence-electron chi connectivity index (χ4n) is 3.93. The van der Waals surface area contributed by atoms with Gasteiger partial charge >= 0.3 is 5.97 Å². The Morgan fingerprint density at radius 3 is 2.55 bits per heavy atom. The molecule has 3 aromatic carbocycles. The van der Waals surface area contributed by atoms with Crippen LogP contribution in [0.15, 0.2) is 82.8 Å². The number of anilines is 2. The van der Waals surface area contributed by atoms with Crippen LogP contribution in [0.1, 0.15) is 16.7 Å². The topological polar surface area (TPSA) is 67.4 Å². The number of hydrogen-bond acceptors (Lipinski definition) is 4. The minimum Gasteiger partial charge on any atom is -0.469 e. The van der Waals surface area contributed by atoms with Crippen LogP contribution in [0.3, 0.4) is 0 Å². The van der Waals surface area contributed by atoms with Crippen molar-refractivity contribution in [1.82, 2.24) is 0 Å². The molecule has 0 saturated heterocycles. The predicted octanol–water partition coefficient (Wildman–Crippen LogP) is 5.47. The maximum atomic E-state index is 12.8. The first-order valence-corrected chi connectivity index (χ1v) is 11.6. The van der Waals surface area contributed by atoms with Gasteiger partial charge in [-0.2, -0.15) is 0 Å². The third-order valence-electron chi connectivity index (χ3n) is 5.69. The lowest BCUT2D eigenvalue weighted by atomic mass is 9.92. The van der Waals surface area contributed by atoms with E-state index in [0.29, 0.717) is 30.6 Å². The molecule has 4 rings (SSSR count). The molecule has 0 saturated carbocycles. The molecule has 1 aliphatic rings. The van der Waals surface area contributed by atoms with Crippen molar-refractivity contribution in [3.8, 4) is 0 Å². The highest BCUT2D eigenvalue weighted by molar-refractivity contribution is 9.10. The molecule has 6 heteroatoms. The van der Waals surface area contributed by atoms with Crippen LogP contribution in [0.25, 0.3) is 6.08 Å². The standard InChI is InChI=1S/C27H25BrN2O3/c1-33-27(32)21(13-18-7-3-2-4-8-18)14-19-11-12-23(16-24(19)28)30-26(31)22-15-20-9-5-6-10-25(20)29-17-22/h2-12,15-16,21,29H,13-14,17H2,1H3,(H,30,31)/t21-/m0/s1. The summed E-state index contributed by atoms with van der Waals surface area (Å²) in [4.78, 5) is 25.2. The van der Waals surface area contributed by atoms with E-state index in [2.05, 4.69) is 26.6 Å². The number of halogens is 1. The largest absolute Gasteiger partial charge is 0.469 e. The van der Waals surface area contributed by atoms with Crippen LogP contribution in [0.5, 0.6) is 0 Å². The van der Waals surface area contributed by atoms with Crippen LogP contribution in [0.4, 0.5) is 11.4 Å². The zero-order chi connectivity index (χ0) is 23.2. The molecular formula is C27H25BrN2O3. The van der Waals surface area contributed by atoms with E-state index in [1.807, 2.05) is 78.9 Å². The molecule has 0 aliphatic carbocycles. The Labute approximate surface area is 202 Å². The quantitative estimate of drug-likeness (QED) is 0.418. The molecule has 0 bridgehead atoms. The van der Waals surface area contributed by atoms with Gasteiger partial charge in [-0.05, 0) is 53.8 Å². The Hall–Kier alpha value is -3.38. The van der Waals surface area contributed by atoms with Gasteiger partial charge < -0.3 is 15.4 Å². The summed E-state index contributed by atoms with van der Waals surface area (Å²) in [6, 6.07) is 23.5. The van der Waals surface area contributed by atoms with E-state index in [4.69, 9.17) is 4.74 Å². The number of ether oxygens (including phenoxy) is 1. The number of benzene rings is 3. The molecule has 0 fully saturated rings. The molecule has 3 aromatic rings. The smallest absolute Gasteiger partial charge is 0.309 e. The number of hydrogen-bond donors (Lipinski definition) is 2. The molecule has 1 atom stereocenters. The molecule has 1 amide bonds. The Kier molecular flexibility index (Phi) is 7.25. The minimum atomic E-state index is -0.298. The SMILES string of the molecule is COC(=O)[C@@H](Cc1ccccc1)Cc1ccc(NC(=O)C2=Cc3ccccc3NC2)cc1Br. The Morgan fingerprint density at radius 2 is 1.79 bits per heavy atom. The lowest BCUT2D eigenvalue weighted by Gasteiger charge is -2.19. The number of esters is 1. The third-order valence-corrected chi connectivity index (χ3v) is 6.43. The van der Waals surface area contributed by atoms with Crippen molar-refractivity contribution in [3.63, 3.8) is 0 Å². The van der Waals surface area contributed by atoms with Crippen molar-refractivity contribution in [3.05, 3.63) is 99.5 Å². The van der Waals surface area contributed by atoms with E-state index in [1.165, 1.54) is 7.11 Å². The second-order valence-electron chi connectivity index (χ2n) is 7.98. The van der Waals surface area contributed by atoms with Crippen LogP contribution < -0.4 is 10.6 Å². The average Bonchev–Trinajstić information content (AvgIpc) is 2.85. The van der Waals surface area contributed by atoms with Crippen molar-refractivity contribution in [2.45, 2.75) is 12.8 Å². The highest BCUT2D eigenvalue weighted by Crippen LogP contribution is 2.27. The van der Waals surface area contributed by atoms with Crippen molar-refractivity contribution in [2.75, 3.05) is 24.3 Å². The summed E-state index contributed by atoms with van der Waals surface area (Å²) >= 11 is 3.61. The zero-order valence-electron chi connectivity index (χ0n) is 18.3. The number of fused-ring (bicyclic) bond motifs is 1. The van der Waals surface area contributed by atoms with Crippen molar-refractivity contribution < 1.29 is 14.3 Å². The number of amides is 1. The second kappa shape index (κ2) is 10.5. The van der Waals surface area contributed by atoms with Crippen LogP contribution in [0.2, 0.25) is 0 Å². The van der Waals surface area contributed by atoms with Gasteiger partial charge in [-0.1, -0.05) is 70.5 Å². The lowest BCUT2D eigenvalue weighted by Crippen LogP contribution is -2.23. The molecule has 2 N–H and O–H groups in total. The van der Waals surface area contributed by atoms with Crippen LogP contribution >= 0.6 is 15.9 Å². The second-order valence-corrected chi connectivity index (χ2v) is 8.84. The molecule has 0 unspecified atom stereocenters. The maximum absolute atomic E-state index is 12.8. The molecule has 0 aromatic heterocycles. The number of para-hydroxylation sites is 1. The summed E-state index contributed by atoms with van der Waals surface area (Å²) < 4.78 is 5.88. The van der Waals surface area contributed by atoms with Gasteiger partial charge in [-0.3, -0.25) is 9.59 Å². The van der Waals surface area contributed by atoms with E-state index in [-0.39, 0.29) is 17.8 Å². The summed E-state index contributed by atoms with van der Waals surface area (Å²) in [5.74, 6) is -0.680. The highest BCUT2D eigenvalue weighted by atomic mass is 79.9. The summed E-state index contributed by atoms with van der Waals surface area (Å²) in [6.07, 6.45) is 3.04. The molecule has 0 radical (unpaired) electrons. The van der Waals surface area contributed by atoms with Crippen LogP contribution in [-0.2, 0) is 27.2 Å². The van der Waals surface area contributed by atoms with E-state index in [0.717, 1.165) is 26.9 Å². The number of rotatable bonds is 7. The normalized spacial score (nSPS) is 13.2. The van der Waals surface area contributed by atoms with Gasteiger partial charge in [0.2, 0.25) is 0 Å². The Morgan fingerprint density at radius 1 is 1.03 bits per heavy atom. The number of methoxy groups -OCH3 is 1. The van der Waals surface area contributed by atoms with Gasteiger partial charge in [0.15, 0.2) is 0 Å². The summed E-state index contributed by atoms with van der Waals surface area (Å²) in [7, 11) is 1.42. The first-order chi connectivity index (χ1) is 16.0. The van der Waals surface area contributed by atoms with Crippen molar-refractivity contribution >= 4 is 45.3 Å². The first-order valence-electron chi connectivity index (χ1n) is 10.8. The first kappa shape index (κ1) is 22.8. The summed E-state index contributed by atoms with van der Waals surface area (Å²) in [5.41, 5.74) is 5.45. The van der Waals surface area contributed by atoms with Gasteiger partial charge in [0.25, 0.3) is 5.91 Å². The predicted molar refractivity (Wildman–Crippen MR) is 135 cm³/mol. The van der Waals surface area contributed by atoms with E-state index < -0.39 is 0 Å². The van der Waals surface area contributed by atoms with Gasteiger partial charge in [0.1, 0.15) is 0 Å². The maximum Gasteiger partial charge on any atom is 0.309 e. The molecule has 33 heavy (non-hydrogen) atoms. The fourth-order valence-corrected chi connectivity index (χ4v) is 4.47. The summed E-state index contributed by atoms with van der Waals surface area (Å²) in [5, 5.41) is 6.24. The molecule has 1 aliphatic heterocycles. The van der Waals surface area contributed by atoms with E-state index in [9.17, 15) is 9.59 Å². The molecular weight excluding hydrogens is 480 g/mol. The van der Waals surface area contributed by atoms with Gasteiger partial charge in [-0.25, -0.2) is 0 Å². The zero-order valence-corrected chi connectivity index (χ0v) is 19.9. The van der Waals surface area contributed by atoms with Gasteiger partial charge in [0, 0.05) is 28.0 Å². The van der Waals surface area contributed by atoms with Gasteiger partial charge in [-0.15, -0.1) is 0 Å². The monoisotopic (exact) mass is 504 g/mol. The minimum absolute atomic E-state index is 0.145.